The quantitative estimate of drug-likeness (QED) is 0.123. The zero-order valence-corrected chi connectivity index (χ0v) is 36.1. The third-order valence-corrected chi connectivity index (χ3v) is 16.3. The van der Waals surface area contributed by atoms with E-state index < -0.39 is 0 Å². The lowest BCUT2D eigenvalue weighted by atomic mass is 9.87. The molecular formula is C66H36. The van der Waals surface area contributed by atoms with Gasteiger partial charge in [-0.2, -0.15) is 0 Å². The van der Waals surface area contributed by atoms with Crippen LogP contribution in [0.2, 0.25) is 0 Å². The molecule has 0 fully saturated rings. The minimum absolute atomic E-state index is 0.993. The number of aryl methyl sites for hydroxylation is 1. The molecule has 0 aliphatic heterocycles. The van der Waals surface area contributed by atoms with Crippen molar-refractivity contribution in [3.63, 3.8) is 0 Å². The van der Waals surface area contributed by atoms with Gasteiger partial charge >= 0.3 is 0 Å². The fourth-order valence-corrected chi connectivity index (χ4v) is 13.9. The molecule has 0 saturated carbocycles. The molecule has 0 aromatic heterocycles. The Morgan fingerprint density at radius 1 is 0.212 bits per heavy atom. The van der Waals surface area contributed by atoms with Crippen molar-refractivity contribution in [3.05, 3.63) is 194 Å². The van der Waals surface area contributed by atoms with E-state index in [0.29, 0.717) is 0 Å². The molecular weight excluding hydrogens is 793 g/mol. The van der Waals surface area contributed by atoms with Gasteiger partial charge in [-0.15, -0.1) is 0 Å². The van der Waals surface area contributed by atoms with Crippen LogP contribution in [-0.2, 0) is 6.42 Å². The lowest BCUT2D eigenvalue weighted by molar-refractivity contribution is 1.15. The predicted molar refractivity (Wildman–Crippen MR) is 288 cm³/mol. The van der Waals surface area contributed by atoms with Crippen LogP contribution in [0.3, 0.4) is 0 Å². The number of fused-ring (bicyclic) bond motifs is 16. The summed E-state index contributed by atoms with van der Waals surface area (Å²) in [4.78, 5) is 0. The predicted octanol–water partition coefficient (Wildman–Crippen LogP) is 18.9. The molecule has 0 heterocycles. The SMILES string of the molecule is CCc1cc2c(-c3ccccc3)c3c4ccc5c6ccc7c8c(ccc(c9ccc(c4c59)c3c3c4ccccc4c(c1)c23)c68)c1c(-c2ccccc2)c2cccc3c4ccccc4c(c23)c71. The molecule has 0 heteroatoms. The second-order valence-electron chi connectivity index (χ2n) is 19.1. The second-order valence-corrected chi connectivity index (χ2v) is 19.1. The van der Waals surface area contributed by atoms with Crippen LogP contribution < -0.4 is 0 Å². The van der Waals surface area contributed by atoms with E-state index in [1.165, 1.54) is 179 Å². The minimum Gasteiger partial charge on any atom is -0.0622 e. The highest BCUT2D eigenvalue weighted by molar-refractivity contribution is 6.54. The third kappa shape index (κ3) is 3.79. The molecule has 0 aliphatic rings. The molecule has 0 radical (unpaired) electrons. The maximum atomic E-state index is 2.50. The van der Waals surface area contributed by atoms with Gasteiger partial charge in [0, 0.05) is 0 Å². The first-order chi connectivity index (χ1) is 32.8. The molecule has 0 saturated heterocycles. The van der Waals surface area contributed by atoms with Crippen LogP contribution in [-0.4, -0.2) is 0 Å². The highest BCUT2D eigenvalue weighted by atomic mass is 14.3. The first kappa shape index (κ1) is 34.1. The topological polar surface area (TPSA) is 0 Å². The van der Waals surface area contributed by atoms with Crippen molar-refractivity contribution in [1.82, 2.24) is 0 Å². The maximum absolute atomic E-state index is 2.50. The Labute approximate surface area is 378 Å². The van der Waals surface area contributed by atoms with Gasteiger partial charge in [0.15, 0.2) is 0 Å². The Balaban J connectivity index is 1.09. The molecule has 0 spiro atoms. The monoisotopic (exact) mass is 828 g/mol. The van der Waals surface area contributed by atoms with Crippen LogP contribution in [0.15, 0.2) is 188 Å². The van der Waals surface area contributed by atoms with Gasteiger partial charge in [-0.25, -0.2) is 0 Å². The van der Waals surface area contributed by atoms with Crippen molar-refractivity contribution in [1.29, 1.82) is 0 Å². The normalized spacial score (nSPS) is 13.0. The number of benzene rings is 13. The van der Waals surface area contributed by atoms with E-state index in [0.717, 1.165) is 6.42 Å². The molecule has 0 N–H and O–H groups in total. The van der Waals surface area contributed by atoms with Gasteiger partial charge < -0.3 is 0 Å². The van der Waals surface area contributed by atoms with Crippen LogP contribution in [0.4, 0.5) is 0 Å². The summed E-state index contributed by atoms with van der Waals surface area (Å²) >= 11 is 0. The summed E-state index contributed by atoms with van der Waals surface area (Å²) < 4.78 is 0. The molecule has 300 valence electrons. The van der Waals surface area contributed by atoms with Gasteiger partial charge in [0.1, 0.15) is 0 Å². The molecule has 17 aromatic rings. The second kappa shape index (κ2) is 11.7. The Kier molecular flexibility index (Phi) is 6.04. The highest BCUT2D eigenvalue weighted by Crippen LogP contribution is 2.58. The van der Waals surface area contributed by atoms with E-state index in [9.17, 15) is 0 Å². The summed E-state index contributed by atoms with van der Waals surface area (Å²) in [7, 11) is 0. The Morgan fingerprint density at radius 3 is 1.03 bits per heavy atom. The van der Waals surface area contributed by atoms with Crippen molar-refractivity contribution in [3.8, 4) is 22.3 Å². The van der Waals surface area contributed by atoms with Crippen LogP contribution >= 0.6 is 0 Å². The molecule has 17 aromatic carbocycles. The smallest absolute Gasteiger partial charge is 0.000696 e. The Hall–Kier alpha value is -8.32. The van der Waals surface area contributed by atoms with E-state index in [4.69, 9.17) is 0 Å². The zero-order chi connectivity index (χ0) is 42.7. The first-order valence-corrected chi connectivity index (χ1v) is 23.6. The fraction of sp³-hybridized carbons (Fsp3) is 0.0303. The Bertz CT molecular complexity index is 4900. The largest absolute Gasteiger partial charge is 0.0622 e. The standard InChI is InChI=1S/C66H36/c1-2-34-32-51-38-19-10-12-21-41(38)62-60(51)52(33-34)54(36-16-7-4-8-17-36)64-48-29-25-43-44-26-30-49-58-47(28-24-42(55(44)58)45-27-31-50(66(62)64)59(48)56(43)45)63-53(35-14-5-3-6-15-35)46-23-13-22-39-37-18-9-11-20-40(37)61(57(39)46)65(49)63/h3-33H,2H2,1H3. The molecule has 0 atom stereocenters. The summed E-state index contributed by atoms with van der Waals surface area (Å²) in [5.74, 6) is 0. The summed E-state index contributed by atoms with van der Waals surface area (Å²) in [5.41, 5.74) is 6.63. The van der Waals surface area contributed by atoms with Crippen molar-refractivity contribution in [2.45, 2.75) is 13.3 Å². The average molecular weight is 829 g/mol. The molecule has 0 amide bonds. The van der Waals surface area contributed by atoms with Crippen molar-refractivity contribution in [2.75, 3.05) is 0 Å². The minimum atomic E-state index is 0.993. The summed E-state index contributed by atoms with van der Waals surface area (Å²) in [6.45, 7) is 2.29. The highest BCUT2D eigenvalue weighted by Gasteiger charge is 2.29. The van der Waals surface area contributed by atoms with Gasteiger partial charge in [-0.1, -0.05) is 195 Å². The van der Waals surface area contributed by atoms with Crippen LogP contribution in [0.1, 0.15) is 12.5 Å². The summed E-state index contributed by atoms with van der Waals surface area (Å²) in [6, 6.07) is 72.3. The average Bonchev–Trinajstić information content (AvgIpc) is 4.11. The molecule has 0 nitrogen and oxygen atoms in total. The van der Waals surface area contributed by atoms with Gasteiger partial charge in [0.05, 0.1) is 0 Å². The molecule has 17 rings (SSSR count). The van der Waals surface area contributed by atoms with E-state index in [2.05, 4.69) is 195 Å². The summed E-state index contributed by atoms with van der Waals surface area (Å²) in [5, 5.41) is 38.2. The van der Waals surface area contributed by atoms with Gasteiger partial charge in [0.25, 0.3) is 0 Å². The van der Waals surface area contributed by atoms with Crippen LogP contribution in [0, 0.1) is 0 Å². The van der Waals surface area contributed by atoms with Crippen LogP contribution in [0.5, 0.6) is 0 Å². The van der Waals surface area contributed by atoms with Gasteiger partial charge in [0.2, 0.25) is 0 Å². The number of hydrogen-bond acceptors (Lipinski definition) is 0. The van der Waals surface area contributed by atoms with E-state index in [-0.39, 0.29) is 0 Å². The number of rotatable bonds is 3. The first-order valence-electron chi connectivity index (χ1n) is 23.6. The van der Waals surface area contributed by atoms with E-state index in [1.807, 2.05) is 0 Å². The zero-order valence-electron chi connectivity index (χ0n) is 36.1. The van der Waals surface area contributed by atoms with Crippen molar-refractivity contribution < 1.29 is 0 Å². The van der Waals surface area contributed by atoms with E-state index >= 15 is 0 Å². The molecule has 0 bridgehead atoms. The molecule has 0 unspecified atom stereocenters. The lowest BCUT2D eigenvalue weighted by Crippen LogP contribution is -1.88. The van der Waals surface area contributed by atoms with Gasteiger partial charge in [-0.05, 0) is 185 Å². The third-order valence-electron chi connectivity index (χ3n) is 16.3. The van der Waals surface area contributed by atoms with E-state index in [1.54, 1.807) is 0 Å². The number of hydrogen-bond donors (Lipinski definition) is 0. The van der Waals surface area contributed by atoms with Crippen molar-refractivity contribution >= 4 is 151 Å². The maximum Gasteiger partial charge on any atom is -0.000696 e. The Morgan fingerprint density at radius 2 is 0.515 bits per heavy atom. The van der Waals surface area contributed by atoms with Gasteiger partial charge in [-0.3, -0.25) is 0 Å². The lowest BCUT2D eigenvalue weighted by Gasteiger charge is -2.15. The van der Waals surface area contributed by atoms with Crippen molar-refractivity contribution in [2.24, 2.45) is 0 Å². The van der Waals surface area contributed by atoms with Crippen LogP contribution in [0.25, 0.3) is 173 Å². The fourth-order valence-electron chi connectivity index (χ4n) is 13.9. The summed E-state index contributed by atoms with van der Waals surface area (Å²) in [6.07, 6.45) is 0.993. The molecule has 66 heavy (non-hydrogen) atoms. The molecule has 0 aliphatic carbocycles.